The molecule has 39 heavy (non-hydrogen) atoms. The molecule has 0 saturated heterocycles. The molecular formula is C32H34O7. The molecule has 204 valence electrons. The minimum atomic E-state index is 0.109. The molecule has 7 nitrogen and oxygen atoms in total. The van der Waals surface area contributed by atoms with Gasteiger partial charge in [-0.3, -0.25) is 0 Å². The number of phenolic OH excluding ortho intramolecular Hbond substituents is 1. The molecule has 0 fully saturated rings. The summed E-state index contributed by atoms with van der Waals surface area (Å²) in [6.07, 6.45) is 0.440. The summed E-state index contributed by atoms with van der Waals surface area (Å²) < 4.78 is 35.1. The van der Waals surface area contributed by atoms with Gasteiger partial charge in [0.25, 0.3) is 0 Å². The van der Waals surface area contributed by atoms with Crippen molar-refractivity contribution in [2.24, 2.45) is 0 Å². The van der Waals surface area contributed by atoms with E-state index in [9.17, 15) is 5.11 Å². The zero-order chi connectivity index (χ0) is 26.9. The van der Waals surface area contributed by atoms with Crippen molar-refractivity contribution in [3.8, 4) is 23.0 Å². The second-order valence-electron chi connectivity index (χ2n) is 9.33. The van der Waals surface area contributed by atoms with Crippen molar-refractivity contribution < 1.29 is 33.5 Å². The van der Waals surface area contributed by atoms with Crippen LogP contribution in [-0.4, -0.2) is 64.6 Å². The van der Waals surface area contributed by atoms with Gasteiger partial charge in [-0.25, -0.2) is 0 Å². The van der Waals surface area contributed by atoms with E-state index in [0.717, 1.165) is 38.4 Å². The summed E-state index contributed by atoms with van der Waals surface area (Å²) in [4.78, 5) is 0. The zero-order valence-corrected chi connectivity index (χ0v) is 22.0. The van der Waals surface area contributed by atoms with E-state index in [2.05, 4.69) is 6.58 Å². The maximum atomic E-state index is 11.1. The fourth-order valence-corrected chi connectivity index (χ4v) is 4.55. The Morgan fingerprint density at radius 3 is 1.92 bits per heavy atom. The number of phenols is 1. The topological polar surface area (TPSA) is 75.6 Å². The minimum absolute atomic E-state index is 0.109. The lowest BCUT2D eigenvalue weighted by atomic mass is 10.00. The maximum absolute atomic E-state index is 11.1. The first-order chi connectivity index (χ1) is 19.2. The van der Waals surface area contributed by atoms with Crippen LogP contribution in [0.4, 0.5) is 0 Å². The van der Waals surface area contributed by atoms with Crippen molar-refractivity contribution in [2.45, 2.75) is 6.42 Å². The lowest BCUT2D eigenvalue weighted by Crippen LogP contribution is -2.14. The highest BCUT2D eigenvalue weighted by atomic mass is 16.6. The largest absolute Gasteiger partial charge is 0.504 e. The third-order valence-electron chi connectivity index (χ3n) is 6.44. The standard InChI is InChI=1S/C32H34O7/c1-23-18-26-19-24-6-3-5-9-29(24)32(31(26)33)38-17-15-36-13-11-34-10-12-35-14-16-37-30-21-27(39-22-23)20-25-7-2-4-8-28(25)30/h2-9,19-21,33H,1,10-18,22H2. The van der Waals surface area contributed by atoms with Gasteiger partial charge in [-0.2, -0.15) is 0 Å². The van der Waals surface area contributed by atoms with Crippen LogP contribution in [0.1, 0.15) is 5.56 Å². The first-order valence-electron chi connectivity index (χ1n) is 13.2. The number of ether oxygens (including phenoxy) is 6. The van der Waals surface area contributed by atoms with E-state index in [0.29, 0.717) is 70.8 Å². The average Bonchev–Trinajstić information content (AvgIpc) is 2.95. The smallest absolute Gasteiger partial charge is 0.169 e. The van der Waals surface area contributed by atoms with Gasteiger partial charge in [-0.15, -0.1) is 0 Å². The van der Waals surface area contributed by atoms with E-state index in [1.165, 1.54) is 0 Å². The highest BCUT2D eigenvalue weighted by molar-refractivity contribution is 5.92. The summed E-state index contributed by atoms with van der Waals surface area (Å²) in [5, 5.41) is 15.0. The van der Waals surface area contributed by atoms with Crippen LogP contribution in [0.2, 0.25) is 0 Å². The van der Waals surface area contributed by atoms with Gasteiger partial charge in [-0.05, 0) is 28.5 Å². The monoisotopic (exact) mass is 530 g/mol. The Bertz CT molecular complexity index is 1410. The molecule has 1 aliphatic heterocycles. The molecule has 1 aliphatic rings. The van der Waals surface area contributed by atoms with Crippen LogP contribution in [0.25, 0.3) is 21.5 Å². The Balaban J connectivity index is 1.38. The molecule has 0 spiro atoms. The molecule has 4 aromatic rings. The molecule has 0 aliphatic carbocycles. The molecule has 0 aromatic heterocycles. The third-order valence-corrected chi connectivity index (χ3v) is 6.44. The van der Waals surface area contributed by atoms with Crippen LogP contribution in [0, 0.1) is 0 Å². The van der Waals surface area contributed by atoms with Crippen LogP contribution in [0.3, 0.4) is 0 Å². The zero-order valence-electron chi connectivity index (χ0n) is 22.0. The van der Waals surface area contributed by atoms with Gasteiger partial charge in [0.05, 0.1) is 39.6 Å². The van der Waals surface area contributed by atoms with Crippen molar-refractivity contribution in [1.29, 1.82) is 0 Å². The van der Waals surface area contributed by atoms with E-state index in [4.69, 9.17) is 28.4 Å². The highest BCUT2D eigenvalue weighted by Gasteiger charge is 2.16. The molecule has 0 unspecified atom stereocenters. The van der Waals surface area contributed by atoms with Gasteiger partial charge >= 0.3 is 0 Å². The van der Waals surface area contributed by atoms with E-state index >= 15 is 0 Å². The molecular weight excluding hydrogens is 496 g/mol. The first-order valence-corrected chi connectivity index (χ1v) is 13.2. The lowest BCUT2D eigenvalue weighted by molar-refractivity contribution is 0.00502. The summed E-state index contributed by atoms with van der Waals surface area (Å²) >= 11 is 0. The van der Waals surface area contributed by atoms with E-state index in [-0.39, 0.29) is 12.4 Å². The quantitative estimate of drug-likeness (QED) is 0.293. The number of rotatable bonds is 0. The van der Waals surface area contributed by atoms with E-state index < -0.39 is 0 Å². The first kappa shape index (κ1) is 26.8. The SMILES string of the molecule is C=C1COc2cc(c3ccccc3c2)OCCOCCOCCOCCOc2c(O)c(cc3ccccc23)C1. The fraction of sp³-hybridized carbons (Fsp3) is 0.312. The third kappa shape index (κ3) is 7.00. The van der Waals surface area contributed by atoms with Crippen LogP contribution < -0.4 is 14.2 Å². The van der Waals surface area contributed by atoms with Gasteiger partial charge in [0.1, 0.15) is 31.3 Å². The minimum Gasteiger partial charge on any atom is -0.504 e. The highest BCUT2D eigenvalue weighted by Crippen LogP contribution is 2.39. The Morgan fingerprint density at radius 1 is 0.615 bits per heavy atom. The summed E-state index contributed by atoms with van der Waals surface area (Å²) in [5.74, 6) is 1.98. The lowest BCUT2D eigenvalue weighted by Gasteiger charge is -2.16. The fourth-order valence-electron chi connectivity index (χ4n) is 4.55. The maximum Gasteiger partial charge on any atom is 0.169 e. The normalized spacial score (nSPS) is 16.7. The van der Waals surface area contributed by atoms with Gasteiger partial charge in [-0.1, -0.05) is 55.1 Å². The molecule has 0 atom stereocenters. The predicted molar refractivity (Wildman–Crippen MR) is 151 cm³/mol. The summed E-state index contributed by atoms with van der Waals surface area (Å²) in [5.41, 5.74) is 1.55. The van der Waals surface area contributed by atoms with Crippen LogP contribution in [0.15, 0.2) is 78.9 Å². The Hall–Kier alpha value is -3.78. The Kier molecular flexibility index (Phi) is 9.17. The summed E-state index contributed by atoms with van der Waals surface area (Å²) in [6, 6.07) is 21.7. The molecule has 0 radical (unpaired) electrons. The number of fused-ring (bicyclic) bond motifs is 8. The van der Waals surface area contributed by atoms with Crippen LogP contribution in [0.5, 0.6) is 23.0 Å². The van der Waals surface area contributed by atoms with Crippen molar-refractivity contribution in [2.75, 3.05) is 59.5 Å². The molecule has 1 N–H and O–H groups in total. The predicted octanol–water partition coefficient (Wildman–Crippen LogP) is 5.70. The van der Waals surface area contributed by atoms with E-state index in [1.807, 2.05) is 66.7 Å². The Morgan fingerprint density at radius 2 is 1.21 bits per heavy atom. The van der Waals surface area contributed by atoms with Crippen LogP contribution >= 0.6 is 0 Å². The van der Waals surface area contributed by atoms with Gasteiger partial charge in [0, 0.05) is 28.8 Å². The number of hydrogen-bond donors (Lipinski definition) is 1. The number of benzene rings is 4. The molecule has 4 aromatic carbocycles. The Labute approximate surface area is 228 Å². The second-order valence-corrected chi connectivity index (χ2v) is 9.33. The van der Waals surface area contributed by atoms with Crippen molar-refractivity contribution in [1.82, 2.24) is 0 Å². The molecule has 7 heteroatoms. The molecule has 5 rings (SSSR count). The molecule has 0 saturated carbocycles. The van der Waals surface area contributed by atoms with Crippen molar-refractivity contribution >= 4 is 21.5 Å². The van der Waals surface area contributed by atoms with Crippen LogP contribution in [-0.2, 0) is 20.6 Å². The number of aromatic hydroxyl groups is 1. The molecule has 1 heterocycles. The average molecular weight is 531 g/mol. The van der Waals surface area contributed by atoms with Gasteiger partial charge < -0.3 is 33.5 Å². The van der Waals surface area contributed by atoms with Gasteiger partial charge in [0.15, 0.2) is 11.5 Å². The van der Waals surface area contributed by atoms with Gasteiger partial charge in [0.2, 0.25) is 0 Å². The molecule has 0 amide bonds. The molecule has 4 bridgehead atoms. The second kappa shape index (κ2) is 13.3. The van der Waals surface area contributed by atoms with Crippen molar-refractivity contribution in [3.63, 3.8) is 0 Å². The van der Waals surface area contributed by atoms with E-state index in [1.54, 1.807) is 0 Å². The summed E-state index contributed by atoms with van der Waals surface area (Å²) in [7, 11) is 0. The number of hydrogen-bond acceptors (Lipinski definition) is 7. The van der Waals surface area contributed by atoms with Crippen molar-refractivity contribution in [3.05, 3.63) is 84.4 Å². The summed E-state index contributed by atoms with van der Waals surface area (Å²) in [6.45, 7) is 7.90.